The van der Waals surface area contributed by atoms with E-state index < -0.39 is 0 Å². The van der Waals surface area contributed by atoms with Crippen LogP contribution in [0.3, 0.4) is 0 Å². The lowest BCUT2D eigenvalue weighted by molar-refractivity contribution is 0.102. The fourth-order valence-electron chi connectivity index (χ4n) is 1.68. The summed E-state index contributed by atoms with van der Waals surface area (Å²) in [5.74, 6) is 0.0685. The molecule has 3 nitrogen and oxygen atoms in total. The first-order valence-electron chi connectivity index (χ1n) is 4.72. The zero-order valence-electron chi connectivity index (χ0n) is 7.90. The molecular formula is C9H19NO2. The number of likely N-dealkylation sites (tertiary alicyclic amines) is 1. The summed E-state index contributed by atoms with van der Waals surface area (Å²) < 4.78 is 0. The molecule has 12 heavy (non-hydrogen) atoms. The van der Waals surface area contributed by atoms with Gasteiger partial charge in [-0.3, -0.25) is 4.90 Å². The molecule has 1 heterocycles. The van der Waals surface area contributed by atoms with Crippen molar-refractivity contribution in [3.63, 3.8) is 0 Å². The first-order valence-corrected chi connectivity index (χ1v) is 4.72. The lowest BCUT2D eigenvalue weighted by Crippen LogP contribution is -2.31. The molecular weight excluding hydrogens is 154 g/mol. The van der Waals surface area contributed by atoms with E-state index in [1.807, 2.05) is 0 Å². The second-order valence-corrected chi connectivity index (χ2v) is 3.72. The van der Waals surface area contributed by atoms with Gasteiger partial charge in [0.25, 0.3) is 0 Å². The average Bonchev–Trinajstić information content (AvgIpc) is 2.45. The highest BCUT2D eigenvalue weighted by atomic mass is 16.3. The van der Waals surface area contributed by atoms with E-state index >= 15 is 0 Å². The lowest BCUT2D eigenvalue weighted by atomic mass is 10.1. The van der Waals surface area contributed by atoms with Crippen LogP contribution in [0.2, 0.25) is 0 Å². The fraction of sp³-hybridized carbons (Fsp3) is 1.00. The number of rotatable bonds is 3. The van der Waals surface area contributed by atoms with Crippen molar-refractivity contribution in [3.8, 4) is 0 Å². The van der Waals surface area contributed by atoms with Gasteiger partial charge in [-0.05, 0) is 13.3 Å². The maximum absolute atomic E-state index is 9.50. The van der Waals surface area contributed by atoms with Crippen molar-refractivity contribution >= 4 is 0 Å². The van der Waals surface area contributed by atoms with E-state index in [-0.39, 0.29) is 18.6 Å². The summed E-state index contributed by atoms with van der Waals surface area (Å²) in [5, 5.41) is 18.4. The molecule has 1 aliphatic rings. The molecule has 1 aliphatic heterocycles. The van der Waals surface area contributed by atoms with Gasteiger partial charge < -0.3 is 10.2 Å². The van der Waals surface area contributed by atoms with Crippen molar-refractivity contribution in [2.45, 2.75) is 32.4 Å². The van der Waals surface area contributed by atoms with E-state index in [2.05, 4.69) is 18.7 Å². The van der Waals surface area contributed by atoms with Crippen LogP contribution < -0.4 is 0 Å². The largest absolute Gasteiger partial charge is 0.396 e. The lowest BCUT2D eigenvalue weighted by Gasteiger charge is -2.22. The summed E-state index contributed by atoms with van der Waals surface area (Å²) in [5.41, 5.74) is 0. The van der Waals surface area contributed by atoms with E-state index in [9.17, 15) is 5.11 Å². The van der Waals surface area contributed by atoms with E-state index in [0.717, 1.165) is 19.5 Å². The second kappa shape index (κ2) is 4.21. The Morgan fingerprint density at radius 3 is 2.58 bits per heavy atom. The Bertz CT molecular complexity index is 140. The van der Waals surface area contributed by atoms with Gasteiger partial charge in [0.05, 0.1) is 6.10 Å². The molecule has 0 bridgehead atoms. The number of hydrogen-bond donors (Lipinski definition) is 2. The molecule has 3 unspecified atom stereocenters. The predicted molar refractivity (Wildman–Crippen MR) is 47.9 cm³/mol. The number of aliphatic hydroxyl groups is 2. The monoisotopic (exact) mass is 173 g/mol. The summed E-state index contributed by atoms with van der Waals surface area (Å²) in [6.07, 6.45) is 0.772. The maximum atomic E-state index is 9.50. The molecule has 72 valence electrons. The van der Waals surface area contributed by atoms with Gasteiger partial charge in [0.15, 0.2) is 0 Å². The van der Waals surface area contributed by atoms with Crippen molar-refractivity contribution in [2.24, 2.45) is 5.92 Å². The maximum Gasteiger partial charge on any atom is 0.0729 e. The van der Waals surface area contributed by atoms with Crippen LogP contribution in [0.1, 0.15) is 20.3 Å². The van der Waals surface area contributed by atoms with Gasteiger partial charge in [0, 0.05) is 31.7 Å². The SMILES string of the molecule is CCC(C)N1CC(O)C(CO)C1. The van der Waals surface area contributed by atoms with Gasteiger partial charge in [-0.25, -0.2) is 0 Å². The van der Waals surface area contributed by atoms with Gasteiger partial charge in [-0.1, -0.05) is 6.92 Å². The van der Waals surface area contributed by atoms with E-state index in [0.29, 0.717) is 6.04 Å². The van der Waals surface area contributed by atoms with Gasteiger partial charge in [0.1, 0.15) is 0 Å². The third-order valence-electron chi connectivity index (χ3n) is 2.88. The Morgan fingerprint density at radius 1 is 1.50 bits per heavy atom. The highest BCUT2D eigenvalue weighted by Gasteiger charge is 2.32. The molecule has 0 radical (unpaired) electrons. The summed E-state index contributed by atoms with van der Waals surface area (Å²) in [6, 6.07) is 0.524. The fourth-order valence-corrected chi connectivity index (χ4v) is 1.68. The number of β-amino-alcohol motifs (C(OH)–C–C–N with tert-alkyl or cyclic N) is 1. The van der Waals surface area contributed by atoms with Crippen molar-refractivity contribution in [3.05, 3.63) is 0 Å². The van der Waals surface area contributed by atoms with E-state index in [1.54, 1.807) is 0 Å². The molecule has 0 aromatic rings. The van der Waals surface area contributed by atoms with Gasteiger partial charge in [-0.2, -0.15) is 0 Å². The molecule has 1 rings (SSSR count). The highest BCUT2D eigenvalue weighted by molar-refractivity contribution is 4.85. The van der Waals surface area contributed by atoms with Crippen LogP contribution in [0.4, 0.5) is 0 Å². The zero-order valence-corrected chi connectivity index (χ0v) is 7.90. The Kier molecular flexibility index (Phi) is 3.50. The number of nitrogens with zero attached hydrogens (tertiary/aromatic N) is 1. The summed E-state index contributed by atoms with van der Waals surface area (Å²) >= 11 is 0. The van der Waals surface area contributed by atoms with Crippen molar-refractivity contribution in [1.29, 1.82) is 0 Å². The molecule has 1 saturated heterocycles. The number of aliphatic hydroxyl groups excluding tert-OH is 2. The molecule has 0 spiro atoms. The molecule has 3 atom stereocenters. The quantitative estimate of drug-likeness (QED) is 0.635. The molecule has 3 heteroatoms. The summed E-state index contributed by atoms with van der Waals surface area (Å²) in [4.78, 5) is 2.24. The second-order valence-electron chi connectivity index (χ2n) is 3.72. The Morgan fingerprint density at radius 2 is 2.17 bits per heavy atom. The smallest absolute Gasteiger partial charge is 0.0729 e. The highest BCUT2D eigenvalue weighted by Crippen LogP contribution is 2.19. The Labute approximate surface area is 74.0 Å². The third-order valence-corrected chi connectivity index (χ3v) is 2.88. The molecule has 0 amide bonds. The van der Waals surface area contributed by atoms with Crippen LogP contribution in [-0.2, 0) is 0 Å². The third kappa shape index (κ3) is 1.97. The standard InChI is InChI=1S/C9H19NO2/c1-3-7(2)10-4-8(6-11)9(12)5-10/h7-9,11-12H,3-6H2,1-2H3. The van der Waals surface area contributed by atoms with E-state index in [4.69, 9.17) is 5.11 Å². The predicted octanol–water partition coefficient (Wildman–Crippen LogP) is 0.0699. The van der Waals surface area contributed by atoms with Crippen LogP contribution >= 0.6 is 0 Å². The van der Waals surface area contributed by atoms with Gasteiger partial charge >= 0.3 is 0 Å². The average molecular weight is 173 g/mol. The minimum Gasteiger partial charge on any atom is -0.396 e. The van der Waals surface area contributed by atoms with E-state index in [1.165, 1.54) is 0 Å². The normalized spacial score (nSPS) is 34.0. The summed E-state index contributed by atoms with van der Waals surface area (Å²) in [6.45, 7) is 5.97. The van der Waals surface area contributed by atoms with Gasteiger partial charge in [0.2, 0.25) is 0 Å². The van der Waals surface area contributed by atoms with Crippen molar-refractivity contribution in [2.75, 3.05) is 19.7 Å². The van der Waals surface area contributed by atoms with Gasteiger partial charge in [-0.15, -0.1) is 0 Å². The Balaban J connectivity index is 2.42. The van der Waals surface area contributed by atoms with Crippen LogP contribution in [0.15, 0.2) is 0 Å². The summed E-state index contributed by atoms with van der Waals surface area (Å²) in [7, 11) is 0. The minimum absolute atomic E-state index is 0.0685. The topological polar surface area (TPSA) is 43.7 Å². The minimum atomic E-state index is -0.330. The van der Waals surface area contributed by atoms with Crippen LogP contribution in [0.25, 0.3) is 0 Å². The molecule has 0 aliphatic carbocycles. The van der Waals surface area contributed by atoms with Crippen LogP contribution in [0.5, 0.6) is 0 Å². The first kappa shape index (κ1) is 9.96. The van der Waals surface area contributed by atoms with Crippen LogP contribution in [-0.4, -0.2) is 47.0 Å². The molecule has 1 fully saturated rings. The zero-order chi connectivity index (χ0) is 9.14. The molecule has 0 saturated carbocycles. The number of hydrogen-bond acceptors (Lipinski definition) is 3. The molecule has 2 N–H and O–H groups in total. The Hall–Kier alpha value is -0.120. The van der Waals surface area contributed by atoms with Crippen molar-refractivity contribution < 1.29 is 10.2 Å². The van der Waals surface area contributed by atoms with Crippen LogP contribution in [0, 0.1) is 5.92 Å². The first-order chi connectivity index (χ1) is 5.69. The molecule has 0 aromatic heterocycles. The molecule has 0 aromatic carbocycles. The van der Waals surface area contributed by atoms with Crippen molar-refractivity contribution in [1.82, 2.24) is 4.90 Å².